The number of amides is 3. The van der Waals surface area contributed by atoms with Crippen molar-refractivity contribution in [2.75, 3.05) is 18.6 Å². The van der Waals surface area contributed by atoms with Crippen LogP contribution in [-0.2, 0) is 11.3 Å². The maximum absolute atomic E-state index is 14.4. The van der Waals surface area contributed by atoms with Crippen molar-refractivity contribution >= 4 is 28.5 Å². The Labute approximate surface area is 169 Å². The molecule has 9 heteroatoms. The lowest BCUT2D eigenvalue weighted by Gasteiger charge is -2.19. The number of halogens is 3. The topological polar surface area (TPSA) is 62.7 Å². The van der Waals surface area contributed by atoms with Crippen molar-refractivity contribution in [1.82, 2.24) is 9.88 Å². The molecule has 0 radical (unpaired) electrons. The average Bonchev–Trinajstić information content (AvgIpc) is 2.99. The number of anilines is 1. The first-order chi connectivity index (χ1) is 14.3. The Hall–Kier alpha value is -3.62. The number of carbonyl (C=O) groups is 2. The molecular formula is C21H16F3N3O3. The van der Waals surface area contributed by atoms with Gasteiger partial charge in [0.15, 0.2) is 17.4 Å². The molecule has 1 aliphatic heterocycles. The third kappa shape index (κ3) is 3.12. The zero-order valence-corrected chi connectivity index (χ0v) is 16.1. The van der Waals surface area contributed by atoms with Crippen LogP contribution in [0, 0.1) is 24.4 Å². The fourth-order valence-electron chi connectivity index (χ4n) is 3.49. The summed E-state index contributed by atoms with van der Waals surface area (Å²) in [7, 11) is 0.981. The number of hydrogen-bond acceptors (Lipinski definition) is 4. The summed E-state index contributed by atoms with van der Waals surface area (Å²) in [5.74, 6) is -6.09. The van der Waals surface area contributed by atoms with Crippen molar-refractivity contribution in [3.63, 3.8) is 0 Å². The van der Waals surface area contributed by atoms with Gasteiger partial charge in [0.05, 0.1) is 18.3 Å². The second-order valence-corrected chi connectivity index (χ2v) is 6.90. The molecule has 1 aliphatic rings. The van der Waals surface area contributed by atoms with E-state index in [1.165, 1.54) is 4.90 Å². The van der Waals surface area contributed by atoms with Crippen LogP contribution in [0.5, 0.6) is 5.75 Å². The van der Waals surface area contributed by atoms with Crippen LogP contribution in [0.3, 0.4) is 0 Å². The fraction of sp³-hybridized carbons (Fsp3) is 0.190. The standard InChI is InChI=1S/C21H16F3N3O3/c1-11-3-4-15-13(7-11)12(5-6-25-15)9-26-10-17(28)27(21(26)29)16-8-14(22)20(30-2)19(24)18(16)23/h3-8H,9-10H2,1-2H3. The maximum Gasteiger partial charge on any atom is 0.332 e. The second-order valence-electron chi connectivity index (χ2n) is 6.90. The first-order valence-corrected chi connectivity index (χ1v) is 8.99. The normalized spacial score (nSPS) is 14.2. The lowest BCUT2D eigenvalue weighted by molar-refractivity contribution is -0.116. The molecule has 0 aliphatic carbocycles. The van der Waals surface area contributed by atoms with Crippen LogP contribution in [0.4, 0.5) is 23.7 Å². The number of urea groups is 1. The van der Waals surface area contributed by atoms with Gasteiger partial charge in [-0.3, -0.25) is 9.78 Å². The predicted molar refractivity (Wildman–Crippen MR) is 103 cm³/mol. The molecule has 0 bridgehead atoms. The molecule has 2 aromatic carbocycles. The molecule has 154 valence electrons. The van der Waals surface area contributed by atoms with Crippen molar-refractivity contribution in [1.29, 1.82) is 0 Å². The van der Waals surface area contributed by atoms with Crippen LogP contribution in [0.1, 0.15) is 11.1 Å². The van der Waals surface area contributed by atoms with E-state index in [4.69, 9.17) is 0 Å². The van der Waals surface area contributed by atoms with E-state index < -0.39 is 40.8 Å². The van der Waals surface area contributed by atoms with E-state index in [2.05, 4.69) is 9.72 Å². The maximum atomic E-state index is 14.4. The quantitative estimate of drug-likeness (QED) is 0.478. The third-order valence-corrected chi connectivity index (χ3v) is 4.93. The number of pyridine rings is 1. The molecule has 0 N–H and O–H groups in total. The van der Waals surface area contributed by atoms with E-state index in [1.807, 2.05) is 25.1 Å². The van der Waals surface area contributed by atoms with Gasteiger partial charge in [-0.25, -0.2) is 18.5 Å². The Kier molecular flexibility index (Phi) is 4.81. The Morgan fingerprint density at radius 2 is 1.87 bits per heavy atom. The van der Waals surface area contributed by atoms with Crippen LogP contribution in [-0.4, -0.2) is 35.5 Å². The first kappa shape index (κ1) is 19.7. The summed E-state index contributed by atoms with van der Waals surface area (Å²) < 4.78 is 47.1. The number of hydrogen-bond donors (Lipinski definition) is 0. The lowest BCUT2D eigenvalue weighted by atomic mass is 10.1. The molecule has 0 atom stereocenters. The summed E-state index contributed by atoms with van der Waals surface area (Å²) >= 11 is 0. The molecule has 4 rings (SSSR count). The smallest absolute Gasteiger partial charge is 0.332 e. The highest BCUT2D eigenvalue weighted by molar-refractivity contribution is 6.19. The zero-order chi connectivity index (χ0) is 21.6. The van der Waals surface area contributed by atoms with E-state index in [0.717, 1.165) is 29.1 Å². The zero-order valence-electron chi connectivity index (χ0n) is 16.1. The number of aryl methyl sites for hydroxylation is 1. The Morgan fingerprint density at radius 1 is 1.10 bits per heavy atom. The van der Waals surface area contributed by atoms with Gasteiger partial charge in [0.2, 0.25) is 5.82 Å². The van der Waals surface area contributed by atoms with Crippen LogP contribution >= 0.6 is 0 Å². The minimum Gasteiger partial charge on any atom is -0.491 e. The summed E-state index contributed by atoms with van der Waals surface area (Å²) in [6, 6.07) is 7.07. The summed E-state index contributed by atoms with van der Waals surface area (Å²) in [6.07, 6.45) is 1.58. The van der Waals surface area contributed by atoms with Crippen molar-refractivity contribution in [3.05, 3.63) is 65.1 Å². The Balaban J connectivity index is 1.69. The highest BCUT2D eigenvalue weighted by Crippen LogP contribution is 2.34. The Morgan fingerprint density at radius 3 is 2.60 bits per heavy atom. The predicted octanol–water partition coefficient (Wildman–Crippen LogP) is 3.94. The van der Waals surface area contributed by atoms with Gasteiger partial charge >= 0.3 is 6.03 Å². The molecular weight excluding hydrogens is 399 g/mol. The van der Waals surface area contributed by atoms with Gasteiger partial charge in [-0.2, -0.15) is 4.39 Å². The molecule has 0 spiro atoms. The highest BCUT2D eigenvalue weighted by Gasteiger charge is 2.40. The lowest BCUT2D eigenvalue weighted by Crippen LogP contribution is -2.33. The minimum atomic E-state index is -1.61. The van der Waals surface area contributed by atoms with E-state index in [9.17, 15) is 22.8 Å². The number of benzene rings is 2. The van der Waals surface area contributed by atoms with Gasteiger partial charge in [0.25, 0.3) is 5.91 Å². The van der Waals surface area contributed by atoms with Gasteiger partial charge in [-0.05, 0) is 30.7 Å². The number of nitrogens with zero attached hydrogens (tertiary/aromatic N) is 3. The number of aromatic nitrogens is 1. The monoisotopic (exact) mass is 415 g/mol. The van der Waals surface area contributed by atoms with E-state index in [0.29, 0.717) is 11.0 Å². The molecule has 2 heterocycles. The molecule has 1 fully saturated rings. The van der Waals surface area contributed by atoms with Gasteiger partial charge in [-0.1, -0.05) is 11.6 Å². The van der Waals surface area contributed by atoms with E-state index in [1.54, 1.807) is 12.3 Å². The second kappa shape index (κ2) is 7.33. The van der Waals surface area contributed by atoms with Crippen LogP contribution in [0.2, 0.25) is 0 Å². The van der Waals surface area contributed by atoms with Crippen LogP contribution < -0.4 is 9.64 Å². The molecule has 3 amide bonds. The summed E-state index contributed by atoms with van der Waals surface area (Å²) in [6.45, 7) is 1.60. The number of ether oxygens (including phenoxy) is 1. The van der Waals surface area contributed by atoms with Gasteiger partial charge < -0.3 is 9.64 Å². The molecule has 0 saturated carbocycles. The minimum absolute atomic E-state index is 0.0479. The van der Waals surface area contributed by atoms with Crippen molar-refractivity contribution in [2.24, 2.45) is 0 Å². The van der Waals surface area contributed by atoms with E-state index >= 15 is 0 Å². The number of methoxy groups -OCH3 is 1. The molecule has 0 unspecified atom stereocenters. The van der Waals surface area contributed by atoms with Crippen molar-refractivity contribution in [3.8, 4) is 5.75 Å². The molecule has 3 aromatic rings. The van der Waals surface area contributed by atoms with Gasteiger partial charge in [0, 0.05) is 24.2 Å². The van der Waals surface area contributed by atoms with E-state index in [-0.39, 0.29) is 13.1 Å². The van der Waals surface area contributed by atoms with Gasteiger partial charge in [0.1, 0.15) is 6.54 Å². The first-order valence-electron chi connectivity index (χ1n) is 8.99. The fourth-order valence-corrected chi connectivity index (χ4v) is 3.49. The van der Waals surface area contributed by atoms with Crippen molar-refractivity contribution < 1.29 is 27.5 Å². The van der Waals surface area contributed by atoms with Crippen LogP contribution in [0.15, 0.2) is 36.5 Å². The summed E-state index contributed by atoms with van der Waals surface area (Å²) in [4.78, 5) is 31.2. The highest BCUT2D eigenvalue weighted by atomic mass is 19.2. The summed E-state index contributed by atoms with van der Waals surface area (Å²) in [5, 5.41) is 0.809. The third-order valence-electron chi connectivity index (χ3n) is 4.93. The average molecular weight is 415 g/mol. The SMILES string of the molecule is COc1c(F)cc(N2C(=O)CN(Cc3ccnc4ccc(C)cc34)C2=O)c(F)c1F. The largest absolute Gasteiger partial charge is 0.491 e. The number of imide groups is 1. The molecule has 30 heavy (non-hydrogen) atoms. The van der Waals surface area contributed by atoms with Crippen LogP contribution in [0.25, 0.3) is 10.9 Å². The van der Waals surface area contributed by atoms with Gasteiger partial charge in [-0.15, -0.1) is 0 Å². The van der Waals surface area contributed by atoms with Crippen molar-refractivity contribution in [2.45, 2.75) is 13.5 Å². The summed E-state index contributed by atoms with van der Waals surface area (Å²) in [5.41, 5.74) is 1.66. The number of fused-ring (bicyclic) bond motifs is 1. The Bertz CT molecular complexity index is 1200. The molecule has 1 saturated heterocycles. The number of carbonyl (C=O) groups excluding carboxylic acids is 2. The molecule has 6 nitrogen and oxygen atoms in total. The molecule has 1 aromatic heterocycles. The number of rotatable bonds is 4.